The van der Waals surface area contributed by atoms with Crippen LogP contribution in [0.25, 0.3) is 0 Å². The predicted octanol–water partition coefficient (Wildman–Crippen LogP) is -0.0213. The van der Waals surface area contributed by atoms with Crippen molar-refractivity contribution in [2.45, 2.75) is 12.8 Å². The number of pyridine rings is 1. The molecule has 3 heterocycles. The average molecular weight is 384 g/mol. The van der Waals surface area contributed by atoms with Gasteiger partial charge in [0.15, 0.2) is 12.4 Å². The molecule has 0 bridgehead atoms. The molecule has 0 atom stereocenters. The number of halogens is 3. The van der Waals surface area contributed by atoms with E-state index in [2.05, 4.69) is 41.4 Å². The Balaban J connectivity index is 1.90. The maximum atomic E-state index is 13.0. The molecule has 142 valence electrons. The number of tetrazole rings is 2. The van der Waals surface area contributed by atoms with Crippen LogP contribution in [0.4, 0.5) is 19.1 Å². The van der Waals surface area contributed by atoms with Crippen molar-refractivity contribution in [3.05, 3.63) is 29.2 Å². The molecule has 3 aromatic heterocycles. The van der Waals surface area contributed by atoms with Crippen LogP contribution in [0.3, 0.4) is 0 Å². The maximum absolute atomic E-state index is 13.0. The van der Waals surface area contributed by atoms with E-state index in [0.29, 0.717) is 6.07 Å². The second-order valence-electron chi connectivity index (χ2n) is 5.13. The van der Waals surface area contributed by atoms with Gasteiger partial charge in [-0.05, 0) is 33.0 Å². The van der Waals surface area contributed by atoms with Crippen molar-refractivity contribution in [3.63, 3.8) is 0 Å². The fraction of sp³-hybridized carbons (Fsp3) is 0.333. The summed E-state index contributed by atoms with van der Waals surface area (Å²) in [5.74, 6) is -1.14. The minimum Gasteiger partial charge on any atom is -0.469 e. The van der Waals surface area contributed by atoms with Crippen LogP contribution in [0.5, 0.6) is 5.88 Å². The third-order valence-corrected chi connectivity index (χ3v) is 3.29. The summed E-state index contributed by atoms with van der Waals surface area (Å²) >= 11 is 0. The van der Waals surface area contributed by atoms with E-state index >= 15 is 0 Å². The zero-order valence-corrected chi connectivity index (χ0v) is 13.8. The average Bonchev–Trinajstić information content (AvgIpc) is 3.20. The molecule has 0 aliphatic carbocycles. The first kappa shape index (κ1) is 18.2. The second-order valence-corrected chi connectivity index (χ2v) is 5.13. The molecule has 3 rings (SSSR count). The van der Waals surface area contributed by atoms with Gasteiger partial charge in [0.25, 0.3) is 5.91 Å². The summed E-state index contributed by atoms with van der Waals surface area (Å²) in [5.41, 5.74) is -1.47. The van der Waals surface area contributed by atoms with E-state index in [9.17, 15) is 18.0 Å². The standard InChI is InChI=1S/C12H11F3N10O2/c1-24-8(18-20-22-24)5-27-10-6(3-4-7(16-10)12(13,14)15)9(26)17-11-19-21-23-25(11)2/h3-4H,5H2,1-2H3,(H,17,19,23,26). The molecule has 0 spiro atoms. The van der Waals surface area contributed by atoms with Crippen molar-refractivity contribution in [1.29, 1.82) is 0 Å². The van der Waals surface area contributed by atoms with E-state index in [1.165, 1.54) is 23.5 Å². The molecular weight excluding hydrogens is 373 g/mol. The minimum atomic E-state index is -4.72. The Morgan fingerprint density at radius 3 is 2.44 bits per heavy atom. The summed E-state index contributed by atoms with van der Waals surface area (Å²) in [6, 6.07) is 1.61. The normalized spacial score (nSPS) is 11.4. The number of hydrogen-bond donors (Lipinski definition) is 1. The number of nitrogens with one attached hydrogen (secondary N) is 1. The van der Waals surface area contributed by atoms with Crippen molar-refractivity contribution in [2.24, 2.45) is 14.1 Å². The fourth-order valence-corrected chi connectivity index (χ4v) is 1.89. The third kappa shape index (κ3) is 3.96. The lowest BCUT2D eigenvalue weighted by molar-refractivity contribution is -0.141. The molecule has 3 aromatic rings. The Labute approximate surface area is 148 Å². The number of anilines is 1. The molecule has 15 heteroatoms. The second kappa shape index (κ2) is 6.93. The largest absolute Gasteiger partial charge is 0.469 e. The van der Waals surface area contributed by atoms with Gasteiger partial charge in [0.1, 0.15) is 11.3 Å². The van der Waals surface area contributed by atoms with Gasteiger partial charge in [-0.25, -0.2) is 14.3 Å². The minimum absolute atomic E-state index is 0.0108. The molecule has 0 aromatic carbocycles. The van der Waals surface area contributed by atoms with E-state index < -0.39 is 23.7 Å². The quantitative estimate of drug-likeness (QED) is 0.643. The summed E-state index contributed by atoms with van der Waals surface area (Å²) in [6.45, 7) is -0.302. The molecule has 0 saturated heterocycles. The molecule has 0 aliphatic heterocycles. The highest BCUT2D eigenvalue weighted by molar-refractivity contribution is 6.04. The molecular formula is C12H11F3N10O2. The number of amides is 1. The molecule has 0 unspecified atom stereocenters. The zero-order valence-electron chi connectivity index (χ0n) is 13.8. The third-order valence-electron chi connectivity index (χ3n) is 3.29. The Morgan fingerprint density at radius 1 is 1.15 bits per heavy atom. The van der Waals surface area contributed by atoms with Crippen LogP contribution < -0.4 is 10.1 Å². The lowest BCUT2D eigenvalue weighted by Crippen LogP contribution is -2.19. The Kier molecular flexibility index (Phi) is 4.66. The Morgan fingerprint density at radius 2 is 1.85 bits per heavy atom. The number of nitrogens with zero attached hydrogens (tertiary/aromatic N) is 9. The number of hydrogen-bond acceptors (Lipinski definition) is 9. The number of alkyl halides is 3. The molecule has 0 fully saturated rings. The number of aromatic nitrogens is 9. The Bertz CT molecular complexity index is 966. The first-order chi connectivity index (χ1) is 12.8. The number of ether oxygens (including phenoxy) is 1. The molecule has 27 heavy (non-hydrogen) atoms. The summed E-state index contributed by atoms with van der Waals surface area (Å²) in [6.07, 6.45) is -4.72. The van der Waals surface area contributed by atoms with E-state index in [4.69, 9.17) is 4.74 Å². The van der Waals surface area contributed by atoms with Crippen LogP contribution in [0.1, 0.15) is 21.9 Å². The van der Waals surface area contributed by atoms with Crippen molar-refractivity contribution in [1.82, 2.24) is 45.4 Å². The highest BCUT2D eigenvalue weighted by atomic mass is 19.4. The van der Waals surface area contributed by atoms with Crippen LogP contribution in [0.2, 0.25) is 0 Å². The van der Waals surface area contributed by atoms with Crippen LogP contribution in [0.15, 0.2) is 12.1 Å². The topological polar surface area (TPSA) is 138 Å². The van der Waals surface area contributed by atoms with E-state index in [-0.39, 0.29) is 23.9 Å². The van der Waals surface area contributed by atoms with E-state index in [1.807, 2.05) is 0 Å². The van der Waals surface area contributed by atoms with Crippen molar-refractivity contribution in [3.8, 4) is 5.88 Å². The van der Waals surface area contributed by atoms with Gasteiger partial charge >= 0.3 is 6.18 Å². The van der Waals surface area contributed by atoms with Gasteiger partial charge in [-0.3, -0.25) is 10.1 Å². The van der Waals surface area contributed by atoms with Gasteiger partial charge in [0, 0.05) is 14.1 Å². The zero-order chi connectivity index (χ0) is 19.6. The number of aryl methyl sites for hydroxylation is 2. The molecule has 1 N–H and O–H groups in total. The first-order valence-corrected chi connectivity index (χ1v) is 7.21. The molecule has 0 aliphatic rings. The van der Waals surface area contributed by atoms with Gasteiger partial charge in [-0.15, -0.1) is 5.10 Å². The van der Waals surface area contributed by atoms with Crippen molar-refractivity contribution >= 4 is 11.9 Å². The van der Waals surface area contributed by atoms with Crippen LogP contribution in [-0.4, -0.2) is 51.3 Å². The summed E-state index contributed by atoms with van der Waals surface area (Å²) in [7, 11) is 2.99. The monoisotopic (exact) mass is 384 g/mol. The molecule has 12 nitrogen and oxygen atoms in total. The highest BCUT2D eigenvalue weighted by Crippen LogP contribution is 2.30. The highest BCUT2D eigenvalue weighted by Gasteiger charge is 2.34. The van der Waals surface area contributed by atoms with Crippen LogP contribution in [-0.2, 0) is 26.9 Å². The lowest BCUT2D eigenvalue weighted by atomic mass is 10.2. The van der Waals surface area contributed by atoms with Crippen molar-refractivity contribution < 1.29 is 22.7 Å². The van der Waals surface area contributed by atoms with Gasteiger partial charge in [-0.2, -0.15) is 13.2 Å². The summed E-state index contributed by atoms with van der Waals surface area (Å²) in [4.78, 5) is 15.8. The first-order valence-electron chi connectivity index (χ1n) is 7.21. The molecule has 0 saturated carbocycles. The summed E-state index contributed by atoms with van der Waals surface area (Å²) < 4.78 is 46.6. The molecule has 1 amide bonds. The SMILES string of the molecule is Cn1nnnc1COc1nc(C(F)(F)F)ccc1C(=O)Nc1nnnn1C. The fourth-order valence-electron chi connectivity index (χ4n) is 1.89. The van der Waals surface area contributed by atoms with Gasteiger partial charge < -0.3 is 4.74 Å². The van der Waals surface area contributed by atoms with E-state index in [0.717, 1.165) is 6.07 Å². The lowest BCUT2D eigenvalue weighted by Gasteiger charge is -2.12. The molecule has 0 radical (unpaired) electrons. The Hall–Kier alpha value is -3.65. The summed E-state index contributed by atoms with van der Waals surface area (Å²) in [5, 5.41) is 23.4. The van der Waals surface area contributed by atoms with Gasteiger partial charge in [-0.1, -0.05) is 5.10 Å². The predicted molar refractivity (Wildman–Crippen MR) is 79.1 cm³/mol. The van der Waals surface area contributed by atoms with Crippen LogP contribution in [0, 0.1) is 0 Å². The number of rotatable bonds is 5. The number of carbonyl (C=O) groups excluding carboxylic acids is 1. The van der Waals surface area contributed by atoms with Gasteiger partial charge in [0.2, 0.25) is 11.8 Å². The van der Waals surface area contributed by atoms with Crippen molar-refractivity contribution in [2.75, 3.05) is 5.32 Å². The maximum Gasteiger partial charge on any atom is 0.433 e. The smallest absolute Gasteiger partial charge is 0.433 e. The van der Waals surface area contributed by atoms with E-state index in [1.54, 1.807) is 0 Å². The number of carbonyl (C=O) groups is 1. The van der Waals surface area contributed by atoms with Gasteiger partial charge in [0.05, 0.1) is 0 Å². The van der Waals surface area contributed by atoms with Crippen LogP contribution >= 0.6 is 0 Å².